The van der Waals surface area contributed by atoms with Gasteiger partial charge in [-0.15, -0.1) is 0 Å². The van der Waals surface area contributed by atoms with E-state index in [0.717, 1.165) is 39.6 Å². The lowest BCUT2D eigenvalue weighted by Crippen LogP contribution is -2.00. The predicted octanol–water partition coefficient (Wildman–Crippen LogP) is 8.42. The van der Waals surface area contributed by atoms with Crippen LogP contribution in [0.4, 0.5) is 0 Å². The van der Waals surface area contributed by atoms with E-state index in [1.807, 2.05) is 31.5 Å². The molecule has 6 aromatic rings. The molecule has 2 unspecified atom stereocenters. The Bertz CT molecular complexity index is 1650. The van der Waals surface area contributed by atoms with Crippen LogP contribution >= 0.6 is 0 Å². The molecule has 0 bridgehead atoms. The van der Waals surface area contributed by atoms with Crippen LogP contribution in [0.2, 0.25) is 0 Å². The van der Waals surface area contributed by atoms with Crippen LogP contribution < -0.4 is 0 Å². The van der Waals surface area contributed by atoms with Crippen LogP contribution in [0.25, 0.3) is 21.8 Å². The smallest absolute Gasteiger partial charge is 0.103 e. The minimum absolute atomic E-state index is 0. The van der Waals surface area contributed by atoms with Crippen LogP contribution in [0.3, 0.4) is 0 Å². The van der Waals surface area contributed by atoms with Crippen molar-refractivity contribution in [1.82, 2.24) is 29.9 Å². The van der Waals surface area contributed by atoms with Crippen molar-refractivity contribution in [2.45, 2.75) is 61.3 Å². The van der Waals surface area contributed by atoms with Crippen LogP contribution in [-0.2, 0) is 0 Å². The number of hydrogen-bond donors (Lipinski definition) is 2. The normalized spacial score (nSPS) is 12.1. The topological polar surface area (TPSA) is 83.1 Å². The van der Waals surface area contributed by atoms with Crippen molar-refractivity contribution < 1.29 is 0 Å². The number of hydrogen-bond acceptors (Lipinski definition) is 4. The number of nitrogens with one attached hydrogen (secondary N) is 2. The molecule has 2 N–H and O–H groups in total. The Morgan fingerprint density at radius 1 is 0.615 bits per heavy atom. The Hall–Kier alpha value is -4.32. The van der Waals surface area contributed by atoms with Gasteiger partial charge in [0.15, 0.2) is 0 Å². The van der Waals surface area contributed by atoms with Crippen LogP contribution in [0.15, 0.2) is 79.4 Å². The summed E-state index contributed by atoms with van der Waals surface area (Å²) in [5, 5.41) is 2.35. The van der Waals surface area contributed by atoms with E-state index in [-0.39, 0.29) is 26.7 Å². The Balaban J connectivity index is 0.000000205. The Labute approximate surface area is 232 Å². The summed E-state index contributed by atoms with van der Waals surface area (Å²) in [6.45, 7) is 10.5. The number of aromatic nitrogens is 6. The van der Waals surface area contributed by atoms with E-state index in [9.17, 15) is 0 Å². The van der Waals surface area contributed by atoms with Gasteiger partial charge in [-0.3, -0.25) is 9.97 Å². The zero-order valence-corrected chi connectivity index (χ0v) is 21.9. The number of aryl methyl sites for hydroxylation is 3. The summed E-state index contributed by atoms with van der Waals surface area (Å²) in [5.41, 5.74) is 9.04. The van der Waals surface area contributed by atoms with Gasteiger partial charge in [0.05, 0.1) is 28.7 Å². The highest BCUT2D eigenvalue weighted by atomic mass is 14.9. The van der Waals surface area contributed by atoms with Crippen LogP contribution in [0, 0.1) is 20.8 Å². The van der Waals surface area contributed by atoms with Gasteiger partial charge in [0.1, 0.15) is 5.82 Å². The summed E-state index contributed by atoms with van der Waals surface area (Å²) in [4.78, 5) is 24.5. The van der Waals surface area contributed by atoms with E-state index in [1.165, 1.54) is 21.9 Å². The number of imidazole rings is 2. The lowest BCUT2D eigenvalue weighted by atomic mass is 9.94. The first-order valence-electron chi connectivity index (χ1n) is 12.6. The molecule has 2 aromatic carbocycles. The molecule has 0 spiro atoms. The van der Waals surface area contributed by atoms with Crippen LogP contribution in [0.5, 0.6) is 0 Å². The highest BCUT2D eigenvalue weighted by Gasteiger charge is 2.18. The van der Waals surface area contributed by atoms with E-state index >= 15 is 0 Å². The third-order valence-electron chi connectivity index (χ3n) is 6.99. The Kier molecular flexibility index (Phi) is 9.36. The number of benzene rings is 2. The molecule has 0 radical (unpaired) electrons. The van der Waals surface area contributed by atoms with Gasteiger partial charge >= 0.3 is 0 Å². The fraction of sp³-hybridized carbons (Fsp3) is 0.273. The third kappa shape index (κ3) is 5.90. The lowest BCUT2D eigenvalue weighted by molar-refractivity contribution is 0.873. The molecule has 0 aliphatic carbocycles. The summed E-state index contributed by atoms with van der Waals surface area (Å²) in [7, 11) is 0. The molecule has 6 rings (SSSR count). The number of pyridine rings is 2. The second-order valence-electron chi connectivity index (χ2n) is 9.53. The molecule has 0 fully saturated rings. The van der Waals surface area contributed by atoms with Crippen molar-refractivity contribution >= 4 is 21.8 Å². The minimum atomic E-state index is 0. The zero-order chi connectivity index (χ0) is 25.9. The molecule has 39 heavy (non-hydrogen) atoms. The first-order valence-corrected chi connectivity index (χ1v) is 12.6. The number of fused-ring (bicyclic) bond motifs is 2. The first kappa shape index (κ1) is 29.2. The third-order valence-corrected chi connectivity index (χ3v) is 6.99. The van der Waals surface area contributed by atoms with Crippen LogP contribution in [0.1, 0.15) is 80.3 Å². The van der Waals surface area contributed by atoms with E-state index in [2.05, 4.69) is 106 Å². The van der Waals surface area contributed by atoms with Gasteiger partial charge in [-0.05, 0) is 44.0 Å². The van der Waals surface area contributed by atoms with E-state index in [1.54, 1.807) is 6.33 Å². The second kappa shape index (κ2) is 12.5. The molecule has 0 amide bonds. The largest absolute Gasteiger partial charge is 0.348 e. The molecule has 202 valence electrons. The van der Waals surface area contributed by atoms with Gasteiger partial charge in [-0.1, -0.05) is 77.2 Å². The molecule has 4 aromatic heterocycles. The van der Waals surface area contributed by atoms with Crippen molar-refractivity contribution in [2.75, 3.05) is 0 Å². The van der Waals surface area contributed by atoms with Gasteiger partial charge in [0.25, 0.3) is 0 Å². The van der Waals surface area contributed by atoms with Crippen LogP contribution in [-0.4, -0.2) is 29.9 Å². The monoisotopic (exact) mass is 520 g/mol. The summed E-state index contributed by atoms with van der Waals surface area (Å²) < 4.78 is 0. The Morgan fingerprint density at radius 2 is 1.13 bits per heavy atom. The fourth-order valence-electron chi connectivity index (χ4n) is 5.10. The number of nitrogens with zero attached hydrogens (tertiary/aromatic N) is 4. The molecule has 2 atom stereocenters. The number of rotatable bonds is 4. The molecular weight excluding hydrogens is 480 g/mol. The summed E-state index contributed by atoms with van der Waals surface area (Å²) in [6.07, 6.45) is 5.44. The fourth-order valence-corrected chi connectivity index (χ4v) is 5.10. The molecule has 0 saturated heterocycles. The van der Waals surface area contributed by atoms with Crippen molar-refractivity contribution in [3.63, 3.8) is 0 Å². The van der Waals surface area contributed by atoms with Gasteiger partial charge < -0.3 is 9.97 Å². The molecule has 6 heteroatoms. The number of H-pyrrole nitrogens is 2. The van der Waals surface area contributed by atoms with Gasteiger partial charge in [0, 0.05) is 46.4 Å². The van der Waals surface area contributed by atoms with Crippen molar-refractivity contribution in [2.24, 2.45) is 0 Å². The maximum Gasteiger partial charge on any atom is 0.103 e. The molecular formula is C33H40N6. The van der Waals surface area contributed by atoms with E-state index in [4.69, 9.17) is 0 Å². The molecule has 0 saturated carbocycles. The molecule has 0 aliphatic rings. The first-order chi connectivity index (χ1) is 17.9. The minimum Gasteiger partial charge on any atom is -0.348 e. The van der Waals surface area contributed by atoms with Crippen molar-refractivity contribution in [1.29, 1.82) is 0 Å². The van der Waals surface area contributed by atoms with Gasteiger partial charge in [0.2, 0.25) is 0 Å². The lowest BCUT2D eigenvalue weighted by Gasteiger charge is -2.12. The maximum absolute atomic E-state index is 4.61. The number of para-hydroxylation sites is 2. The summed E-state index contributed by atoms with van der Waals surface area (Å²) in [6, 6.07) is 20.8. The SMILES string of the molecule is C.C.Cc1[nH]cnc1C(C)c1cccc2cccnc12.Cc1nc(C(C)c2cccc3cccnc23)c(C)[nH]1. The quantitative estimate of drug-likeness (QED) is 0.244. The Morgan fingerprint density at radius 3 is 1.59 bits per heavy atom. The van der Waals surface area contributed by atoms with Gasteiger partial charge in [-0.2, -0.15) is 0 Å². The maximum atomic E-state index is 4.61. The average Bonchev–Trinajstić information content (AvgIpc) is 3.51. The molecule has 0 aliphatic heterocycles. The summed E-state index contributed by atoms with van der Waals surface area (Å²) in [5.74, 6) is 1.45. The van der Waals surface area contributed by atoms with Crippen molar-refractivity contribution in [3.8, 4) is 0 Å². The standard InChI is InChI=1S/C16H17N3.C15H15N3.2CH4/c1-10(15-11(2)18-12(3)19-15)14-8-4-6-13-7-5-9-17-16(13)14;1-10(14-11(2)17-9-18-14)13-7-3-5-12-6-4-8-16-15(12)13;;/h4-10H,1-3H3,(H,18,19);3-10H,1-2H3,(H,17,18);2*1H4. The molecule has 6 nitrogen and oxygen atoms in total. The molecule has 4 heterocycles. The zero-order valence-electron chi connectivity index (χ0n) is 21.9. The number of aromatic amines is 2. The van der Waals surface area contributed by atoms with Crippen molar-refractivity contribution in [3.05, 3.63) is 119 Å². The van der Waals surface area contributed by atoms with E-state index in [0.29, 0.717) is 0 Å². The van der Waals surface area contributed by atoms with E-state index < -0.39 is 0 Å². The summed E-state index contributed by atoms with van der Waals surface area (Å²) >= 11 is 0. The average molecular weight is 521 g/mol. The highest BCUT2D eigenvalue weighted by Crippen LogP contribution is 2.30. The predicted molar refractivity (Wildman–Crippen MR) is 163 cm³/mol. The van der Waals surface area contributed by atoms with Gasteiger partial charge in [-0.25, -0.2) is 9.97 Å². The highest BCUT2D eigenvalue weighted by molar-refractivity contribution is 5.83. The second-order valence-corrected chi connectivity index (χ2v) is 9.53.